The van der Waals surface area contributed by atoms with Crippen molar-refractivity contribution in [2.24, 2.45) is 0 Å². The summed E-state index contributed by atoms with van der Waals surface area (Å²) in [5, 5.41) is 0. The predicted octanol–water partition coefficient (Wildman–Crippen LogP) is -0.0405. The van der Waals surface area contributed by atoms with Gasteiger partial charge in [0.25, 0.3) is 0 Å². The molecule has 0 fully saturated rings. The SMILES string of the molecule is Cc1ccccc1C#Cc1ccc(CCS(=O)[O-])c(F)c1.[Na+]. The molecule has 0 amide bonds. The Balaban J connectivity index is 0.00000242. The second-order valence-electron chi connectivity index (χ2n) is 4.63. The zero-order valence-corrected chi connectivity index (χ0v) is 15.4. The van der Waals surface area contributed by atoms with Gasteiger partial charge in [0.2, 0.25) is 0 Å². The molecule has 0 saturated heterocycles. The van der Waals surface area contributed by atoms with Crippen molar-refractivity contribution in [1.29, 1.82) is 0 Å². The Morgan fingerprint density at radius 1 is 1.18 bits per heavy atom. The minimum Gasteiger partial charge on any atom is -0.772 e. The van der Waals surface area contributed by atoms with Crippen LogP contribution < -0.4 is 29.6 Å². The summed E-state index contributed by atoms with van der Waals surface area (Å²) in [5.41, 5.74) is 2.94. The van der Waals surface area contributed by atoms with Crippen LogP contribution in [-0.2, 0) is 17.5 Å². The first kappa shape index (κ1) is 19.1. The Hall–Kier alpha value is -0.960. The molecule has 0 aliphatic carbocycles. The van der Waals surface area contributed by atoms with Gasteiger partial charge in [-0.25, -0.2) is 4.39 Å². The molecule has 0 aliphatic heterocycles. The molecule has 1 unspecified atom stereocenters. The number of halogens is 1. The van der Waals surface area contributed by atoms with E-state index in [-0.39, 0.29) is 41.7 Å². The molecule has 2 aromatic carbocycles. The first-order valence-electron chi connectivity index (χ1n) is 6.48. The molecule has 2 aromatic rings. The van der Waals surface area contributed by atoms with Gasteiger partial charge in [-0.3, -0.25) is 4.21 Å². The van der Waals surface area contributed by atoms with Gasteiger partial charge < -0.3 is 4.55 Å². The van der Waals surface area contributed by atoms with Crippen LogP contribution in [0.1, 0.15) is 22.3 Å². The van der Waals surface area contributed by atoms with Crippen LogP contribution in [0.5, 0.6) is 0 Å². The van der Waals surface area contributed by atoms with Crippen molar-refractivity contribution in [3.63, 3.8) is 0 Å². The number of hydrogen-bond donors (Lipinski definition) is 0. The average Bonchev–Trinajstić information content (AvgIpc) is 2.45. The van der Waals surface area contributed by atoms with Crippen molar-refractivity contribution in [1.82, 2.24) is 0 Å². The molecule has 0 radical (unpaired) electrons. The molecule has 0 N–H and O–H groups in total. The van der Waals surface area contributed by atoms with Crippen molar-refractivity contribution >= 4 is 11.1 Å². The molecule has 1 atom stereocenters. The van der Waals surface area contributed by atoms with Crippen molar-refractivity contribution in [2.45, 2.75) is 13.3 Å². The molecule has 108 valence electrons. The fourth-order valence-corrected chi connectivity index (χ4v) is 2.26. The minimum atomic E-state index is -2.16. The number of hydrogen-bond acceptors (Lipinski definition) is 2. The van der Waals surface area contributed by atoms with Gasteiger partial charge in [-0.2, -0.15) is 0 Å². The molecule has 22 heavy (non-hydrogen) atoms. The van der Waals surface area contributed by atoms with Crippen molar-refractivity contribution in [3.8, 4) is 11.8 Å². The maximum absolute atomic E-state index is 13.8. The second-order valence-corrected chi connectivity index (χ2v) is 5.64. The molecule has 2 nitrogen and oxygen atoms in total. The van der Waals surface area contributed by atoms with Crippen LogP contribution >= 0.6 is 0 Å². The molecule has 2 rings (SSSR count). The van der Waals surface area contributed by atoms with Crippen molar-refractivity contribution in [3.05, 3.63) is 70.5 Å². The van der Waals surface area contributed by atoms with E-state index in [0.29, 0.717) is 11.1 Å². The van der Waals surface area contributed by atoms with Crippen LogP contribution in [0.4, 0.5) is 4.39 Å². The normalized spacial score (nSPS) is 11.0. The van der Waals surface area contributed by atoms with E-state index in [9.17, 15) is 13.2 Å². The quantitative estimate of drug-likeness (QED) is 0.452. The van der Waals surface area contributed by atoms with E-state index in [0.717, 1.165) is 11.1 Å². The predicted molar refractivity (Wildman–Crippen MR) is 81.0 cm³/mol. The molecule has 0 spiro atoms. The Labute approximate surface area is 154 Å². The van der Waals surface area contributed by atoms with Gasteiger partial charge in [-0.1, -0.05) is 47.2 Å². The molecule has 0 heterocycles. The van der Waals surface area contributed by atoms with Gasteiger partial charge >= 0.3 is 29.6 Å². The first-order valence-corrected chi connectivity index (χ1v) is 7.72. The second kappa shape index (κ2) is 9.24. The summed E-state index contributed by atoms with van der Waals surface area (Å²) in [4.78, 5) is 0. The summed E-state index contributed by atoms with van der Waals surface area (Å²) in [5.74, 6) is 5.44. The Morgan fingerprint density at radius 3 is 2.55 bits per heavy atom. The van der Waals surface area contributed by atoms with Gasteiger partial charge in [0, 0.05) is 16.9 Å². The van der Waals surface area contributed by atoms with Gasteiger partial charge in [-0.15, -0.1) is 0 Å². The Bertz CT molecular complexity index is 735. The largest absolute Gasteiger partial charge is 1.00 e. The van der Waals surface area contributed by atoms with Crippen LogP contribution in [0.3, 0.4) is 0 Å². The third kappa shape index (κ3) is 5.68. The van der Waals surface area contributed by atoms with E-state index in [2.05, 4.69) is 11.8 Å². The van der Waals surface area contributed by atoms with E-state index in [1.165, 1.54) is 6.07 Å². The van der Waals surface area contributed by atoms with Gasteiger partial charge in [0.05, 0.1) is 0 Å². The van der Waals surface area contributed by atoms with Crippen LogP contribution in [0.2, 0.25) is 0 Å². The first-order chi connectivity index (χ1) is 10.1. The number of rotatable bonds is 3. The maximum Gasteiger partial charge on any atom is 1.00 e. The zero-order chi connectivity index (χ0) is 15.2. The molecule has 0 bridgehead atoms. The van der Waals surface area contributed by atoms with E-state index in [1.807, 2.05) is 31.2 Å². The Morgan fingerprint density at radius 2 is 1.91 bits per heavy atom. The zero-order valence-electron chi connectivity index (χ0n) is 12.6. The summed E-state index contributed by atoms with van der Waals surface area (Å²) in [6.45, 7) is 1.97. The molecule has 0 aliphatic rings. The van der Waals surface area contributed by atoms with E-state index < -0.39 is 16.9 Å². The topological polar surface area (TPSA) is 40.1 Å². The van der Waals surface area contributed by atoms with Gasteiger partial charge in [0.15, 0.2) is 0 Å². The monoisotopic (exact) mass is 324 g/mol. The summed E-state index contributed by atoms with van der Waals surface area (Å²) in [6.07, 6.45) is 0.174. The Kier molecular flexibility index (Phi) is 8.02. The summed E-state index contributed by atoms with van der Waals surface area (Å²) < 4.78 is 34.8. The van der Waals surface area contributed by atoms with Crippen LogP contribution in [0.15, 0.2) is 42.5 Å². The molecule has 5 heteroatoms. The molecular formula is C17H14FNaO2S. The van der Waals surface area contributed by atoms with E-state index in [4.69, 9.17) is 0 Å². The van der Waals surface area contributed by atoms with E-state index in [1.54, 1.807) is 12.1 Å². The maximum atomic E-state index is 13.8. The third-order valence-electron chi connectivity index (χ3n) is 3.08. The van der Waals surface area contributed by atoms with E-state index >= 15 is 0 Å². The van der Waals surface area contributed by atoms with Crippen LogP contribution in [0.25, 0.3) is 0 Å². The molecule has 0 saturated carbocycles. The summed E-state index contributed by atoms with van der Waals surface area (Å²) in [7, 11) is 0. The fraction of sp³-hybridized carbons (Fsp3) is 0.176. The fourth-order valence-electron chi connectivity index (χ4n) is 1.87. The van der Waals surface area contributed by atoms with Gasteiger partial charge in [0.1, 0.15) is 5.82 Å². The standard InChI is InChI=1S/C17H15FO2S.Na/c1-13-4-2-3-5-15(13)8-6-14-7-9-16(17(18)12-14)10-11-21(19)20;/h2-5,7,9,12H,10-11H2,1H3,(H,19,20);/q;+1/p-1. The van der Waals surface area contributed by atoms with Crippen LogP contribution in [-0.4, -0.2) is 14.5 Å². The third-order valence-corrected chi connectivity index (χ3v) is 3.62. The summed E-state index contributed by atoms with van der Waals surface area (Å²) >= 11 is -2.16. The van der Waals surface area contributed by atoms with Crippen molar-refractivity contribution in [2.75, 3.05) is 5.75 Å². The smallest absolute Gasteiger partial charge is 0.772 e. The molecule has 0 aromatic heterocycles. The number of aryl methyl sites for hydroxylation is 2. The van der Waals surface area contributed by atoms with Gasteiger partial charge in [-0.05, 0) is 42.7 Å². The van der Waals surface area contributed by atoms with Crippen LogP contribution in [0, 0.1) is 24.6 Å². The molecular weight excluding hydrogens is 310 g/mol. The summed E-state index contributed by atoms with van der Waals surface area (Å²) in [6, 6.07) is 12.4. The average molecular weight is 324 g/mol. The minimum absolute atomic E-state index is 0. The van der Waals surface area contributed by atoms with Crippen molar-refractivity contribution < 1.29 is 42.7 Å². The number of benzene rings is 2.